The minimum absolute atomic E-state index is 0.425. The summed E-state index contributed by atoms with van der Waals surface area (Å²) < 4.78 is 0. The minimum atomic E-state index is 0.425. The fraction of sp³-hybridized carbons (Fsp3) is 0.308. The van der Waals surface area contributed by atoms with Crippen LogP contribution in [0.5, 0.6) is 0 Å². The van der Waals surface area contributed by atoms with E-state index in [-0.39, 0.29) is 0 Å². The van der Waals surface area contributed by atoms with Gasteiger partial charge in [0.1, 0.15) is 5.82 Å². The quantitative estimate of drug-likeness (QED) is 0.802. The third-order valence-electron chi connectivity index (χ3n) is 2.56. The normalized spacial score (nSPS) is 10.6. The molecule has 2 rings (SSSR count). The molecular formula is C13H15ClN2. The summed E-state index contributed by atoms with van der Waals surface area (Å²) in [4.78, 5) is 7.37. The lowest BCUT2D eigenvalue weighted by atomic mass is 10.1. The number of aromatic amines is 1. The molecule has 2 aromatic rings. The Hall–Kier alpha value is -1.28. The number of hydrogen-bond donors (Lipinski definition) is 1. The van der Waals surface area contributed by atoms with E-state index in [9.17, 15) is 0 Å². The van der Waals surface area contributed by atoms with Crippen LogP contribution < -0.4 is 0 Å². The van der Waals surface area contributed by atoms with E-state index in [0.29, 0.717) is 5.88 Å². The highest BCUT2D eigenvalue weighted by Crippen LogP contribution is 2.18. The van der Waals surface area contributed by atoms with Crippen molar-refractivity contribution in [2.45, 2.75) is 25.6 Å². The largest absolute Gasteiger partial charge is 0.341 e. The number of aromatic nitrogens is 2. The Kier molecular flexibility index (Phi) is 3.62. The third-order valence-corrected chi connectivity index (χ3v) is 2.81. The number of H-pyrrole nitrogens is 1. The van der Waals surface area contributed by atoms with Gasteiger partial charge in [-0.3, -0.25) is 0 Å². The van der Waals surface area contributed by atoms with Gasteiger partial charge in [-0.1, -0.05) is 37.6 Å². The molecular weight excluding hydrogens is 220 g/mol. The lowest BCUT2D eigenvalue weighted by Gasteiger charge is -2.01. The molecule has 1 N–H and O–H groups in total. The van der Waals surface area contributed by atoms with E-state index >= 15 is 0 Å². The van der Waals surface area contributed by atoms with Gasteiger partial charge in [-0.25, -0.2) is 4.98 Å². The zero-order chi connectivity index (χ0) is 11.4. The first-order valence-corrected chi connectivity index (χ1v) is 6.06. The Balaban J connectivity index is 2.20. The lowest BCUT2D eigenvalue weighted by molar-refractivity contribution is 0.922. The van der Waals surface area contributed by atoms with Gasteiger partial charge >= 0.3 is 0 Å². The predicted octanol–water partition coefficient (Wildman–Crippen LogP) is 3.77. The first-order chi connectivity index (χ1) is 7.83. The Morgan fingerprint density at radius 1 is 1.25 bits per heavy atom. The van der Waals surface area contributed by atoms with Gasteiger partial charge in [-0.05, 0) is 17.5 Å². The highest BCUT2D eigenvalue weighted by molar-refractivity contribution is 6.16. The topological polar surface area (TPSA) is 28.7 Å². The van der Waals surface area contributed by atoms with Crippen LogP contribution in [0.1, 0.15) is 24.7 Å². The summed E-state index contributed by atoms with van der Waals surface area (Å²) in [5, 5.41) is 0. The van der Waals surface area contributed by atoms with Crippen LogP contribution in [-0.4, -0.2) is 9.97 Å². The van der Waals surface area contributed by atoms with E-state index in [0.717, 1.165) is 23.5 Å². The smallest absolute Gasteiger partial charge is 0.121 e. The maximum Gasteiger partial charge on any atom is 0.121 e. The van der Waals surface area contributed by atoms with E-state index in [1.165, 1.54) is 12.0 Å². The average Bonchev–Trinajstić information content (AvgIpc) is 2.79. The molecule has 1 heterocycles. The van der Waals surface area contributed by atoms with E-state index in [1.54, 1.807) is 0 Å². The number of rotatable bonds is 4. The van der Waals surface area contributed by atoms with Gasteiger partial charge in [0, 0.05) is 0 Å². The first kappa shape index (κ1) is 11.2. The third kappa shape index (κ3) is 2.45. The summed E-state index contributed by atoms with van der Waals surface area (Å²) in [5.74, 6) is 1.24. The van der Waals surface area contributed by atoms with Gasteiger partial charge in [0.2, 0.25) is 0 Å². The highest BCUT2D eigenvalue weighted by atomic mass is 35.5. The van der Waals surface area contributed by atoms with Crippen LogP contribution >= 0.6 is 11.6 Å². The molecule has 2 nitrogen and oxygen atoms in total. The number of alkyl halides is 1. The van der Waals surface area contributed by atoms with Crippen LogP contribution in [0, 0.1) is 0 Å². The van der Waals surface area contributed by atoms with Gasteiger partial charge in [-0.15, -0.1) is 11.6 Å². The van der Waals surface area contributed by atoms with Gasteiger partial charge in [0.15, 0.2) is 0 Å². The minimum Gasteiger partial charge on any atom is -0.341 e. The summed E-state index contributed by atoms with van der Waals surface area (Å²) in [6.45, 7) is 2.19. The van der Waals surface area contributed by atoms with Crippen molar-refractivity contribution in [2.24, 2.45) is 0 Å². The first-order valence-electron chi connectivity index (χ1n) is 5.52. The zero-order valence-corrected chi connectivity index (χ0v) is 10.1. The Morgan fingerprint density at radius 2 is 2.00 bits per heavy atom. The average molecular weight is 235 g/mol. The number of imidazole rings is 1. The number of nitrogens with one attached hydrogen (secondary N) is 1. The molecule has 0 radical (unpaired) electrons. The highest BCUT2D eigenvalue weighted by Gasteiger charge is 2.02. The second-order valence-electron chi connectivity index (χ2n) is 3.82. The molecule has 0 aliphatic carbocycles. The maximum absolute atomic E-state index is 5.70. The molecule has 1 aromatic carbocycles. The molecule has 16 heavy (non-hydrogen) atoms. The molecule has 0 aliphatic heterocycles. The number of nitrogens with zero attached hydrogens (tertiary/aromatic N) is 1. The Bertz CT molecular complexity index is 445. The Labute approximate surface area is 101 Å². The fourth-order valence-corrected chi connectivity index (χ4v) is 1.85. The second kappa shape index (κ2) is 5.17. The summed E-state index contributed by atoms with van der Waals surface area (Å²) in [6, 6.07) is 8.58. The predicted molar refractivity (Wildman–Crippen MR) is 67.6 cm³/mol. The fourth-order valence-electron chi connectivity index (χ4n) is 1.72. The van der Waals surface area contributed by atoms with Crippen molar-refractivity contribution in [1.82, 2.24) is 9.97 Å². The van der Waals surface area contributed by atoms with Crippen LogP contribution in [0.15, 0.2) is 30.5 Å². The van der Waals surface area contributed by atoms with Crippen molar-refractivity contribution >= 4 is 11.6 Å². The van der Waals surface area contributed by atoms with Gasteiger partial charge < -0.3 is 4.98 Å². The second-order valence-corrected chi connectivity index (χ2v) is 4.09. The van der Waals surface area contributed by atoms with Crippen molar-refractivity contribution in [2.75, 3.05) is 0 Å². The molecule has 0 spiro atoms. The van der Waals surface area contributed by atoms with Gasteiger partial charge in [0.25, 0.3) is 0 Å². The molecule has 0 bridgehead atoms. The molecule has 0 atom stereocenters. The molecule has 0 aliphatic rings. The SMILES string of the molecule is CCCc1ccc(-c2cnc(CCl)[nH]2)cc1. The molecule has 3 heteroatoms. The summed E-state index contributed by atoms with van der Waals surface area (Å²) in [5.41, 5.74) is 3.56. The van der Waals surface area contributed by atoms with Crippen LogP contribution in [0.25, 0.3) is 11.3 Å². The van der Waals surface area contributed by atoms with Crippen LogP contribution in [0.4, 0.5) is 0 Å². The van der Waals surface area contributed by atoms with E-state index in [1.807, 2.05) is 6.20 Å². The molecule has 0 saturated heterocycles. The molecule has 0 fully saturated rings. The number of halogens is 1. The van der Waals surface area contributed by atoms with E-state index in [4.69, 9.17) is 11.6 Å². The summed E-state index contributed by atoms with van der Waals surface area (Å²) in [6.07, 6.45) is 4.14. The van der Waals surface area contributed by atoms with Crippen molar-refractivity contribution in [3.63, 3.8) is 0 Å². The number of hydrogen-bond acceptors (Lipinski definition) is 1. The van der Waals surface area contributed by atoms with Gasteiger partial charge in [0.05, 0.1) is 17.8 Å². The summed E-state index contributed by atoms with van der Waals surface area (Å²) in [7, 11) is 0. The van der Waals surface area contributed by atoms with Gasteiger partial charge in [-0.2, -0.15) is 0 Å². The van der Waals surface area contributed by atoms with Crippen molar-refractivity contribution < 1.29 is 0 Å². The Morgan fingerprint density at radius 3 is 2.56 bits per heavy atom. The van der Waals surface area contributed by atoms with Crippen LogP contribution in [0.2, 0.25) is 0 Å². The molecule has 0 unspecified atom stereocenters. The number of benzene rings is 1. The number of aryl methyl sites for hydroxylation is 1. The summed E-state index contributed by atoms with van der Waals surface area (Å²) >= 11 is 5.70. The maximum atomic E-state index is 5.70. The molecule has 84 valence electrons. The molecule has 0 saturated carbocycles. The standard InChI is InChI=1S/C13H15ClN2/c1-2-3-10-4-6-11(7-5-10)12-9-15-13(8-14)16-12/h4-7,9H,2-3,8H2,1H3,(H,15,16). The van der Waals surface area contributed by atoms with Crippen molar-refractivity contribution in [1.29, 1.82) is 0 Å². The molecule has 0 amide bonds. The molecule has 1 aromatic heterocycles. The van der Waals surface area contributed by atoms with Crippen LogP contribution in [-0.2, 0) is 12.3 Å². The zero-order valence-electron chi connectivity index (χ0n) is 9.33. The van der Waals surface area contributed by atoms with Crippen LogP contribution in [0.3, 0.4) is 0 Å². The monoisotopic (exact) mass is 234 g/mol. The van der Waals surface area contributed by atoms with E-state index in [2.05, 4.69) is 41.2 Å². The lowest BCUT2D eigenvalue weighted by Crippen LogP contribution is -1.84. The van der Waals surface area contributed by atoms with E-state index < -0.39 is 0 Å². The van der Waals surface area contributed by atoms with Crippen molar-refractivity contribution in [3.05, 3.63) is 41.9 Å². The van der Waals surface area contributed by atoms with Crippen molar-refractivity contribution in [3.8, 4) is 11.3 Å².